The Morgan fingerprint density at radius 3 is 2.58 bits per heavy atom. The zero-order valence-corrected chi connectivity index (χ0v) is 18.8. The molecule has 0 unspecified atom stereocenters. The molecule has 1 aliphatic heterocycles. The van der Waals surface area contributed by atoms with Crippen LogP contribution in [0.2, 0.25) is 0 Å². The zero-order chi connectivity index (χ0) is 22.6. The molecule has 1 aromatic heterocycles. The highest BCUT2D eigenvalue weighted by atomic mass is 32.2. The maximum absolute atomic E-state index is 12.4. The number of methoxy groups -OCH3 is 1. The highest BCUT2D eigenvalue weighted by Crippen LogP contribution is 2.19. The smallest absolute Gasteiger partial charge is 0.325 e. The van der Waals surface area contributed by atoms with Crippen molar-refractivity contribution in [2.45, 2.75) is 13.5 Å². The second-order valence-electron chi connectivity index (χ2n) is 7.05. The normalized spacial score (nSPS) is 15.3. The van der Waals surface area contributed by atoms with Gasteiger partial charge in [0.2, 0.25) is 5.91 Å². The van der Waals surface area contributed by atoms with Crippen molar-refractivity contribution in [3.05, 3.63) is 28.6 Å². The van der Waals surface area contributed by atoms with Gasteiger partial charge in [0.05, 0.1) is 30.5 Å². The first kappa shape index (κ1) is 23.1. The third-order valence-corrected chi connectivity index (χ3v) is 7.04. The van der Waals surface area contributed by atoms with Crippen molar-refractivity contribution >= 4 is 49.2 Å². The number of fused-ring (bicyclic) bond motifs is 1. The number of carbonyl (C=O) groups is 3. The van der Waals surface area contributed by atoms with E-state index >= 15 is 0 Å². The first-order valence-electron chi connectivity index (χ1n) is 9.49. The summed E-state index contributed by atoms with van der Waals surface area (Å²) in [5.74, 6) is -3.65. The molecule has 2 aromatic rings. The lowest BCUT2D eigenvalue weighted by Gasteiger charge is -2.26. The van der Waals surface area contributed by atoms with E-state index in [1.165, 1.54) is 27.9 Å². The van der Waals surface area contributed by atoms with Crippen LogP contribution in [0.1, 0.15) is 5.56 Å². The van der Waals surface area contributed by atoms with Gasteiger partial charge in [-0.2, -0.15) is 4.99 Å². The first-order valence-corrected chi connectivity index (χ1v) is 12.1. The lowest BCUT2D eigenvalue weighted by Crippen LogP contribution is -2.43. The molecule has 3 rings (SSSR count). The summed E-state index contributed by atoms with van der Waals surface area (Å²) in [4.78, 5) is 42.0. The SMILES string of the molecule is COC(=O)Cn1c(=NC(=O)CS(=O)(=O)CC(=O)N2CCOCC2)sc2cc(C)ccc21. The predicted molar refractivity (Wildman–Crippen MR) is 113 cm³/mol. The molecule has 1 saturated heterocycles. The summed E-state index contributed by atoms with van der Waals surface area (Å²) in [6.07, 6.45) is 0. The van der Waals surface area contributed by atoms with E-state index in [-0.39, 0.29) is 11.3 Å². The van der Waals surface area contributed by atoms with Crippen LogP contribution in [0.5, 0.6) is 0 Å². The largest absolute Gasteiger partial charge is 0.468 e. The fourth-order valence-electron chi connectivity index (χ4n) is 3.08. The number of carbonyl (C=O) groups excluding carboxylic acids is 3. The lowest BCUT2D eigenvalue weighted by molar-refractivity contribution is -0.141. The monoisotopic (exact) mass is 469 g/mol. The molecule has 1 aromatic carbocycles. The summed E-state index contributed by atoms with van der Waals surface area (Å²) < 4.78 is 36.9. The number of esters is 1. The molecule has 12 heteroatoms. The molecular weight excluding hydrogens is 446 g/mol. The van der Waals surface area contributed by atoms with Gasteiger partial charge in [-0.25, -0.2) is 8.42 Å². The topological polar surface area (TPSA) is 124 Å². The summed E-state index contributed by atoms with van der Waals surface area (Å²) in [5.41, 5.74) is 1.67. The van der Waals surface area contributed by atoms with Gasteiger partial charge in [0, 0.05) is 13.1 Å². The van der Waals surface area contributed by atoms with Crippen molar-refractivity contribution in [3.63, 3.8) is 0 Å². The van der Waals surface area contributed by atoms with E-state index in [9.17, 15) is 22.8 Å². The van der Waals surface area contributed by atoms with E-state index in [0.29, 0.717) is 31.8 Å². The van der Waals surface area contributed by atoms with Crippen LogP contribution in [0.15, 0.2) is 23.2 Å². The summed E-state index contributed by atoms with van der Waals surface area (Å²) in [6.45, 7) is 3.08. The minimum absolute atomic E-state index is 0.173. The van der Waals surface area contributed by atoms with E-state index in [1.54, 1.807) is 6.07 Å². The van der Waals surface area contributed by atoms with E-state index in [1.807, 2.05) is 19.1 Å². The number of aromatic nitrogens is 1. The molecule has 0 aliphatic carbocycles. The Labute approximate surface area is 183 Å². The number of nitrogens with zero attached hydrogens (tertiary/aromatic N) is 3. The van der Waals surface area contributed by atoms with Gasteiger partial charge in [-0.3, -0.25) is 14.4 Å². The summed E-state index contributed by atoms with van der Waals surface area (Å²) in [7, 11) is -2.75. The van der Waals surface area contributed by atoms with Crippen LogP contribution in [-0.4, -0.2) is 80.6 Å². The number of thiazole rings is 1. The number of ether oxygens (including phenoxy) is 2. The maximum atomic E-state index is 12.4. The quantitative estimate of drug-likeness (QED) is 0.541. The Morgan fingerprint density at radius 2 is 1.90 bits per heavy atom. The molecule has 10 nitrogen and oxygen atoms in total. The Bertz CT molecular complexity index is 1170. The molecule has 0 saturated carbocycles. The number of hydrogen-bond acceptors (Lipinski definition) is 8. The number of rotatable bonds is 6. The van der Waals surface area contributed by atoms with Gasteiger partial charge in [-0.05, 0) is 24.6 Å². The molecule has 2 heterocycles. The van der Waals surface area contributed by atoms with Gasteiger partial charge in [0.25, 0.3) is 5.91 Å². The molecular formula is C19H23N3O7S2. The van der Waals surface area contributed by atoms with Crippen molar-refractivity contribution in [2.75, 3.05) is 44.9 Å². The number of amides is 2. The van der Waals surface area contributed by atoms with Crippen molar-refractivity contribution in [2.24, 2.45) is 4.99 Å². The van der Waals surface area contributed by atoms with Crippen molar-refractivity contribution < 1.29 is 32.3 Å². The van der Waals surface area contributed by atoms with Gasteiger partial charge < -0.3 is 18.9 Å². The van der Waals surface area contributed by atoms with Crippen LogP contribution >= 0.6 is 11.3 Å². The third kappa shape index (κ3) is 5.99. The Morgan fingerprint density at radius 1 is 1.19 bits per heavy atom. The Hall–Kier alpha value is -2.57. The van der Waals surface area contributed by atoms with Crippen LogP contribution in [-0.2, 0) is 40.2 Å². The summed E-state index contributed by atoms with van der Waals surface area (Å²) in [6, 6.07) is 5.54. The highest BCUT2D eigenvalue weighted by Gasteiger charge is 2.25. The predicted octanol–water partition coefficient (Wildman–Crippen LogP) is -0.115. The van der Waals surface area contributed by atoms with Crippen molar-refractivity contribution in [1.29, 1.82) is 0 Å². The summed E-state index contributed by atoms with van der Waals surface area (Å²) >= 11 is 1.17. The standard InChI is InChI=1S/C19H23N3O7S2/c1-13-3-4-14-15(9-13)30-19(22(14)10-18(25)28-2)20-16(23)11-31(26,27)12-17(24)21-5-7-29-8-6-21/h3-4,9H,5-8,10-12H2,1-2H3. The average molecular weight is 470 g/mol. The second kappa shape index (κ2) is 9.71. The lowest BCUT2D eigenvalue weighted by atomic mass is 10.2. The van der Waals surface area contributed by atoms with E-state index in [0.717, 1.165) is 10.3 Å². The van der Waals surface area contributed by atoms with Gasteiger partial charge in [-0.1, -0.05) is 17.4 Å². The second-order valence-corrected chi connectivity index (χ2v) is 10.1. The molecule has 1 aliphatic rings. The van der Waals surface area contributed by atoms with Gasteiger partial charge >= 0.3 is 5.97 Å². The van der Waals surface area contributed by atoms with Crippen molar-refractivity contribution in [3.8, 4) is 0 Å². The molecule has 1 fully saturated rings. The Kier molecular flexibility index (Phi) is 7.23. The van der Waals surface area contributed by atoms with Crippen LogP contribution in [0.3, 0.4) is 0 Å². The molecule has 0 radical (unpaired) electrons. The zero-order valence-electron chi connectivity index (χ0n) is 17.2. The molecule has 0 N–H and O–H groups in total. The number of aryl methyl sites for hydroxylation is 1. The van der Waals surface area contributed by atoms with E-state index < -0.39 is 39.1 Å². The molecule has 0 atom stereocenters. The van der Waals surface area contributed by atoms with Gasteiger partial charge in [0.15, 0.2) is 14.6 Å². The van der Waals surface area contributed by atoms with Crippen LogP contribution < -0.4 is 4.80 Å². The highest BCUT2D eigenvalue weighted by molar-refractivity contribution is 7.92. The Balaban J connectivity index is 1.83. The van der Waals surface area contributed by atoms with Crippen LogP contribution in [0, 0.1) is 6.92 Å². The van der Waals surface area contributed by atoms with E-state index in [4.69, 9.17) is 9.47 Å². The molecule has 0 bridgehead atoms. The maximum Gasteiger partial charge on any atom is 0.325 e. The number of sulfone groups is 1. The minimum Gasteiger partial charge on any atom is -0.468 e. The number of morpholine rings is 1. The first-order chi connectivity index (χ1) is 14.7. The van der Waals surface area contributed by atoms with Gasteiger partial charge in [-0.15, -0.1) is 0 Å². The number of benzene rings is 1. The van der Waals surface area contributed by atoms with Crippen LogP contribution in [0.4, 0.5) is 0 Å². The molecule has 168 valence electrons. The fraction of sp³-hybridized carbons (Fsp3) is 0.474. The van der Waals surface area contributed by atoms with Crippen molar-refractivity contribution in [1.82, 2.24) is 9.47 Å². The fourth-order valence-corrected chi connectivity index (χ4v) is 5.33. The number of hydrogen-bond donors (Lipinski definition) is 0. The van der Waals surface area contributed by atoms with Crippen LogP contribution in [0.25, 0.3) is 10.2 Å². The third-order valence-electron chi connectivity index (χ3n) is 4.62. The molecule has 31 heavy (non-hydrogen) atoms. The summed E-state index contributed by atoms with van der Waals surface area (Å²) in [5, 5.41) is 0. The minimum atomic E-state index is -4.00. The molecule has 2 amide bonds. The molecule has 0 spiro atoms. The van der Waals surface area contributed by atoms with E-state index in [2.05, 4.69) is 4.99 Å². The van der Waals surface area contributed by atoms with Gasteiger partial charge in [0.1, 0.15) is 18.1 Å². The average Bonchev–Trinajstić information content (AvgIpc) is 3.03.